The van der Waals surface area contributed by atoms with Crippen molar-refractivity contribution >= 4 is 16.3 Å². The molecule has 0 N–H and O–H groups in total. The molecular formula is C17H14N4S. The number of aromatic nitrogens is 4. The lowest BCUT2D eigenvalue weighted by Gasteiger charge is -2.01. The van der Waals surface area contributed by atoms with Crippen molar-refractivity contribution in [1.29, 1.82) is 0 Å². The molecular weight excluding hydrogens is 292 g/mol. The molecule has 4 aromatic rings. The Kier molecular flexibility index (Phi) is 3.01. The van der Waals surface area contributed by atoms with E-state index in [9.17, 15) is 0 Å². The smallest absolute Gasteiger partial charge is 0.182 e. The molecule has 0 aliphatic carbocycles. The first-order valence-electron chi connectivity index (χ1n) is 7.07. The fraction of sp³-hybridized carbons (Fsp3) is 0.118. The molecule has 4 nitrogen and oxygen atoms in total. The van der Waals surface area contributed by atoms with Crippen LogP contribution in [0, 0.1) is 13.8 Å². The fourth-order valence-corrected chi connectivity index (χ4v) is 3.27. The van der Waals surface area contributed by atoms with Crippen molar-refractivity contribution in [2.75, 3.05) is 0 Å². The van der Waals surface area contributed by atoms with Gasteiger partial charge < -0.3 is 0 Å². The first kappa shape index (κ1) is 13.2. The van der Waals surface area contributed by atoms with Gasteiger partial charge in [-0.1, -0.05) is 65.4 Å². The number of hydrogen-bond donors (Lipinski definition) is 0. The number of fused-ring (bicyclic) bond motifs is 1. The molecule has 0 unspecified atom stereocenters. The molecule has 0 radical (unpaired) electrons. The van der Waals surface area contributed by atoms with E-state index in [0.29, 0.717) is 0 Å². The topological polar surface area (TPSA) is 43.1 Å². The third kappa shape index (κ3) is 2.10. The third-order valence-electron chi connectivity index (χ3n) is 3.68. The van der Waals surface area contributed by atoms with Crippen LogP contribution in [-0.2, 0) is 0 Å². The van der Waals surface area contributed by atoms with E-state index < -0.39 is 0 Å². The monoisotopic (exact) mass is 306 g/mol. The Morgan fingerprint density at radius 3 is 2.45 bits per heavy atom. The summed E-state index contributed by atoms with van der Waals surface area (Å²) in [5.41, 5.74) is 4.58. The van der Waals surface area contributed by atoms with Crippen LogP contribution >= 0.6 is 11.3 Å². The third-order valence-corrected chi connectivity index (χ3v) is 4.62. The Morgan fingerprint density at radius 2 is 1.68 bits per heavy atom. The maximum Gasteiger partial charge on any atom is 0.235 e. The van der Waals surface area contributed by atoms with E-state index in [4.69, 9.17) is 5.10 Å². The Balaban J connectivity index is 1.86. The molecule has 0 fully saturated rings. The van der Waals surface area contributed by atoms with Gasteiger partial charge >= 0.3 is 0 Å². The SMILES string of the molecule is Cc1ccc(-c2nn3c(-c4ccccc4C)nnc3s2)cc1. The standard InChI is InChI=1S/C17H14N4S/c1-11-7-9-13(10-8-11)16-20-21-15(18-19-17(21)22-16)14-6-4-3-5-12(14)2/h3-10H,1-2H3. The molecule has 0 bridgehead atoms. The van der Waals surface area contributed by atoms with Crippen LogP contribution in [0.15, 0.2) is 48.5 Å². The van der Waals surface area contributed by atoms with E-state index in [1.165, 1.54) is 11.1 Å². The van der Waals surface area contributed by atoms with Gasteiger partial charge in [-0.2, -0.15) is 9.61 Å². The van der Waals surface area contributed by atoms with Crippen LogP contribution < -0.4 is 0 Å². The molecule has 0 amide bonds. The van der Waals surface area contributed by atoms with Crippen LogP contribution in [0.2, 0.25) is 0 Å². The zero-order chi connectivity index (χ0) is 15.1. The molecule has 5 heteroatoms. The molecule has 0 saturated heterocycles. The molecule has 0 aliphatic heterocycles. The Hall–Kier alpha value is -2.53. The van der Waals surface area contributed by atoms with Crippen molar-refractivity contribution in [2.24, 2.45) is 0 Å². The molecule has 0 saturated carbocycles. The second-order valence-electron chi connectivity index (χ2n) is 5.31. The lowest BCUT2D eigenvalue weighted by atomic mass is 10.1. The number of aryl methyl sites for hydroxylation is 2. The molecule has 0 spiro atoms. The highest BCUT2D eigenvalue weighted by molar-refractivity contribution is 7.19. The number of rotatable bonds is 2. The van der Waals surface area contributed by atoms with Gasteiger partial charge in [0.05, 0.1) is 0 Å². The van der Waals surface area contributed by atoms with Crippen LogP contribution in [0.3, 0.4) is 0 Å². The van der Waals surface area contributed by atoms with Crippen molar-refractivity contribution in [3.8, 4) is 22.0 Å². The lowest BCUT2D eigenvalue weighted by molar-refractivity contribution is 0.968. The van der Waals surface area contributed by atoms with Crippen molar-refractivity contribution in [2.45, 2.75) is 13.8 Å². The Labute approximate surface area is 132 Å². The van der Waals surface area contributed by atoms with E-state index >= 15 is 0 Å². The average molecular weight is 306 g/mol. The molecule has 0 atom stereocenters. The summed E-state index contributed by atoms with van der Waals surface area (Å²) >= 11 is 1.56. The van der Waals surface area contributed by atoms with Gasteiger partial charge in [-0.15, -0.1) is 10.2 Å². The minimum Gasteiger partial charge on any atom is -0.182 e. The van der Waals surface area contributed by atoms with Crippen molar-refractivity contribution in [3.05, 3.63) is 59.7 Å². The summed E-state index contributed by atoms with van der Waals surface area (Å²) in [6, 6.07) is 16.5. The summed E-state index contributed by atoms with van der Waals surface area (Å²) in [6.45, 7) is 4.16. The summed E-state index contributed by atoms with van der Waals surface area (Å²) in [6.07, 6.45) is 0. The molecule has 2 heterocycles. The first-order chi connectivity index (χ1) is 10.7. The number of hydrogen-bond acceptors (Lipinski definition) is 4. The maximum absolute atomic E-state index is 4.70. The first-order valence-corrected chi connectivity index (χ1v) is 7.89. The van der Waals surface area contributed by atoms with Gasteiger partial charge in [0, 0.05) is 11.1 Å². The Bertz CT molecular complexity index is 950. The highest BCUT2D eigenvalue weighted by Gasteiger charge is 2.15. The molecule has 0 aliphatic rings. The quantitative estimate of drug-likeness (QED) is 0.559. The summed E-state index contributed by atoms with van der Waals surface area (Å²) in [7, 11) is 0. The second-order valence-corrected chi connectivity index (χ2v) is 6.26. The normalized spacial score (nSPS) is 11.2. The predicted octanol–water partition coefficient (Wildman–Crippen LogP) is 4.14. The molecule has 2 aromatic carbocycles. The van der Waals surface area contributed by atoms with Crippen LogP contribution in [-0.4, -0.2) is 19.8 Å². The summed E-state index contributed by atoms with van der Waals surface area (Å²) < 4.78 is 1.84. The van der Waals surface area contributed by atoms with E-state index in [-0.39, 0.29) is 0 Å². The molecule has 4 rings (SSSR count). The van der Waals surface area contributed by atoms with E-state index in [0.717, 1.165) is 26.9 Å². The van der Waals surface area contributed by atoms with Gasteiger partial charge in [0.15, 0.2) is 5.82 Å². The predicted molar refractivity (Wildman–Crippen MR) is 89.0 cm³/mol. The summed E-state index contributed by atoms with van der Waals surface area (Å²) in [5.74, 6) is 0.794. The maximum atomic E-state index is 4.70. The van der Waals surface area contributed by atoms with E-state index in [2.05, 4.69) is 60.4 Å². The van der Waals surface area contributed by atoms with E-state index in [1.54, 1.807) is 11.3 Å². The van der Waals surface area contributed by atoms with Crippen molar-refractivity contribution in [3.63, 3.8) is 0 Å². The minimum absolute atomic E-state index is 0.794. The van der Waals surface area contributed by atoms with Gasteiger partial charge in [0.25, 0.3) is 0 Å². The Morgan fingerprint density at radius 1 is 0.909 bits per heavy atom. The van der Waals surface area contributed by atoms with Crippen LogP contribution in [0.4, 0.5) is 0 Å². The van der Waals surface area contributed by atoms with Gasteiger partial charge in [-0.05, 0) is 19.4 Å². The van der Waals surface area contributed by atoms with Crippen molar-refractivity contribution in [1.82, 2.24) is 19.8 Å². The molecule has 108 valence electrons. The molecule has 22 heavy (non-hydrogen) atoms. The zero-order valence-electron chi connectivity index (χ0n) is 12.3. The van der Waals surface area contributed by atoms with Gasteiger partial charge in [-0.3, -0.25) is 0 Å². The number of nitrogens with zero attached hydrogens (tertiary/aromatic N) is 4. The second kappa shape index (κ2) is 5.03. The fourth-order valence-electron chi connectivity index (χ4n) is 2.42. The molecule has 2 aromatic heterocycles. The average Bonchev–Trinajstić information content (AvgIpc) is 3.09. The summed E-state index contributed by atoms with van der Waals surface area (Å²) in [5, 5.41) is 14.2. The van der Waals surface area contributed by atoms with Gasteiger partial charge in [0.1, 0.15) is 5.01 Å². The van der Waals surface area contributed by atoms with Gasteiger partial charge in [-0.25, -0.2) is 0 Å². The number of benzene rings is 2. The van der Waals surface area contributed by atoms with Crippen LogP contribution in [0.1, 0.15) is 11.1 Å². The summed E-state index contributed by atoms with van der Waals surface area (Å²) in [4.78, 5) is 0.814. The highest BCUT2D eigenvalue weighted by atomic mass is 32.1. The largest absolute Gasteiger partial charge is 0.235 e. The minimum atomic E-state index is 0.794. The lowest BCUT2D eigenvalue weighted by Crippen LogP contribution is -1.92. The van der Waals surface area contributed by atoms with Crippen LogP contribution in [0.25, 0.3) is 26.9 Å². The van der Waals surface area contributed by atoms with Crippen molar-refractivity contribution < 1.29 is 0 Å². The van der Waals surface area contributed by atoms with Crippen LogP contribution in [0.5, 0.6) is 0 Å². The van der Waals surface area contributed by atoms with E-state index in [1.807, 2.05) is 16.6 Å². The highest BCUT2D eigenvalue weighted by Crippen LogP contribution is 2.29. The zero-order valence-corrected chi connectivity index (χ0v) is 13.1. The van der Waals surface area contributed by atoms with Gasteiger partial charge in [0.2, 0.25) is 4.96 Å².